The minimum Gasteiger partial charge on any atom is -0.497 e. The molecule has 0 aliphatic rings. The van der Waals surface area contributed by atoms with Gasteiger partial charge in [-0.3, -0.25) is 4.79 Å². The minimum atomic E-state index is -0.413. The quantitative estimate of drug-likeness (QED) is 0.641. The number of benzene rings is 2. The number of carbonyl (C=O) groups is 1. The topological polar surface area (TPSA) is 73.0 Å². The summed E-state index contributed by atoms with van der Waals surface area (Å²) in [7, 11) is 3.49. The highest BCUT2D eigenvalue weighted by atomic mass is 16.5. The van der Waals surface area contributed by atoms with E-state index in [1.807, 2.05) is 51.2 Å². The average Bonchev–Trinajstić information content (AvgIpc) is 2.64. The van der Waals surface area contributed by atoms with Gasteiger partial charge in [0.15, 0.2) is 6.54 Å². The summed E-state index contributed by atoms with van der Waals surface area (Å²) in [5.41, 5.74) is 3.83. The van der Waals surface area contributed by atoms with Crippen LogP contribution in [0.3, 0.4) is 0 Å². The molecule has 28 heavy (non-hydrogen) atoms. The average molecular weight is 381 g/mol. The van der Waals surface area contributed by atoms with Crippen molar-refractivity contribution < 1.29 is 18.8 Å². The number of fused-ring (bicyclic) bond motifs is 1. The predicted octanol–water partition coefficient (Wildman–Crippen LogP) is 2.07. The number of hydrogen-bond donors (Lipinski definition) is 2. The highest BCUT2D eigenvalue weighted by Crippen LogP contribution is 2.22. The summed E-state index contributed by atoms with van der Waals surface area (Å²) in [4.78, 5) is 25.4. The molecule has 0 aliphatic carbocycles. The zero-order valence-electron chi connectivity index (χ0n) is 16.6. The maximum atomic E-state index is 12.5. The Labute approximate surface area is 163 Å². The zero-order valence-corrected chi connectivity index (χ0v) is 16.6. The molecule has 3 aromatic rings. The van der Waals surface area contributed by atoms with Crippen LogP contribution in [0.1, 0.15) is 16.7 Å². The summed E-state index contributed by atoms with van der Waals surface area (Å²) in [5.74, 6) is 0.560. The van der Waals surface area contributed by atoms with Crippen LogP contribution in [0.5, 0.6) is 5.75 Å². The van der Waals surface area contributed by atoms with Gasteiger partial charge in [-0.25, -0.2) is 4.79 Å². The fraction of sp³-hybridized carbons (Fsp3) is 0.273. The van der Waals surface area contributed by atoms with Crippen LogP contribution in [-0.2, 0) is 11.3 Å². The van der Waals surface area contributed by atoms with Crippen LogP contribution < -0.4 is 20.6 Å². The SMILES string of the molecule is COc1ccc2c(C[NH+](C)CC(=O)Nc3c(C)cccc3C)cc(=O)oc2c1. The lowest BCUT2D eigenvalue weighted by atomic mass is 10.1. The Morgan fingerprint density at radius 1 is 1.14 bits per heavy atom. The van der Waals surface area contributed by atoms with Gasteiger partial charge in [0.25, 0.3) is 5.91 Å². The number of hydrogen-bond acceptors (Lipinski definition) is 4. The Balaban J connectivity index is 1.75. The van der Waals surface area contributed by atoms with Crippen LogP contribution in [-0.4, -0.2) is 26.6 Å². The Morgan fingerprint density at radius 3 is 2.54 bits per heavy atom. The largest absolute Gasteiger partial charge is 0.497 e. The van der Waals surface area contributed by atoms with Gasteiger partial charge in [-0.15, -0.1) is 0 Å². The normalized spacial score (nSPS) is 12.0. The molecule has 1 atom stereocenters. The molecule has 6 heteroatoms. The number of nitrogens with one attached hydrogen (secondary N) is 2. The summed E-state index contributed by atoms with van der Waals surface area (Å²) >= 11 is 0. The van der Waals surface area contributed by atoms with E-state index in [1.165, 1.54) is 6.07 Å². The van der Waals surface area contributed by atoms with Crippen molar-refractivity contribution in [3.05, 3.63) is 69.6 Å². The number of rotatable bonds is 6. The fourth-order valence-corrected chi connectivity index (χ4v) is 3.34. The van der Waals surface area contributed by atoms with Gasteiger partial charge in [0, 0.05) is 28.8 Å². The molecule has 1 unspecified atom stereocenters. The monoisotopic (exact) mass is 381 g/mol. The first-order valence-electron chi connectivity index (χ1n) is 9.15. The van der Waals surface area contributed by atoms with Crippen LogP contribution in [0.15, 0.2) is 51.7 Å². The molecule has 0 saturated carbocycles. The molecule has 1 aromatic heterocycles. The molecule has 0 bridgehead atoms. The lowest BCUT2D eigenvalue weighted by Crippen LogP contribution is -3.08. The number of ether oxygens (including phenoxy) is 1. The first-order valence-corrected chi connectivity index (χ1v) is 9.15. The Kier molecular flexibility index (Phi) is 5.80. The number of amides is 1. The molecule has 2 N–H and O–H groups in total. The number of quaternary nitrogens is 1. The van der Waals surface area contributed by atoms with E-state index in [-0.39, 0.29) is 12.5 Å². The van der Waals surface area contributed by atoms with Crippen molar-refractivity contribution in [2.24, 2.45) is 0 Å². The second kappa shape index (κ2) is 8.27. The van der Waals surface area contributed by atoms with Gasteiger partial charge >= 0.3 is 5.63 Å². The molecule has 6 nitrogen and oxygen atoms in total. The Morgan fingerprint density at radius 2 is 1.86 bits per heavy atom. The van der Waals surface area contributed by atoms with Gasteiger partial charge in [-0.1, -0.05) is 18.2 Å². The summed E-state index contributed by atoms with van der Waals surface area (Å²) in [5, 5.41) is 3.84. The molecule has 0 saturated heterocycles. The van der Waals surface area contributed by atoms with Gasteiger partial charge < -0.3 is 19.4 Å². The molecule has 1 heterocycles. The van der Waals surface area contributed by atoms with E-state index in [2.05, 4.69) is 5.32 Å². The molecule has 0 spiro atoms. The summed E-state index contributed by atoms with van der Waals surface area (Å²) < 4.78 is 10.5. The minimum absolute atomic E-state index is 0.0659. The van der Waals surface area contributed by atoms with Gasteiger partial charge in [-0.2, -0.15) is 0 Å². The molecule has 0 radical (unpaired) electrons. The second-order valence-corrected chi connectivity index (χ2v) is 7.08. The third-order valence-corrected chi connectivity index (χ3v) is 4.74. The molecule has 1 amide bonds. The van der Waals surface area contributed by atoms with E-state index >= 15 is 0 Å². The molecule has 2 aromatic carbocycles. The molecule has 0 fully saturated rings. The third-order valence-electron chi connectivity index (χ3n) is 4.74. The summed E-state index contributed by atoms with van der Waals surface area (Å²) in [6.45, 7) is 4.76. The van der Waals surface area contributed by atoms with Crippen molar-refractivity contribution in [1.82, 2.24) is 0 Å². The van der Waals surface area contributed by atoms with E-state index in [9.17, 15) is 9.59 Å². The standard InChI is InChI=1S/C22H24N2O4/c1-14-6-5-7-15(2)22(14)23-20(25)13-24(3)12-16-10-21(26)28-19-11-17(27-4)8-9-18(16)19/h5-11H,12-13H2,1-4H3,(H,23,25)/p+1. The number of aryl methyl sites for hydroxylation is 2. The second-order valence-electron chi connectivity index (χ2n) is 7.08. The molecule has 3 rings (SSSR count). The molecule has 146 valence electrons. The van der Waals surface area contributed by atoms with Crippen molar-refractivity contribution in [2.45, 2.75) is 20.4 Å². The van der Waals surface area contributed by atoms with Crippen molar-refractivity contribution in [3.8, 4) is 5.75 Å². The highest BCUT2D eigenvalue weighted by molar-refractivity contribution is 5.93. The predicted molar refractivity (Wildman–Crippen MR) is 109 cm³/mol. The summed E-state index contributed by atoms with van der Waals surface area (Å²) in [6, 6.07) is 12.8. The van der Waals surface area contributed by atoms with Crippen molar-refractivity contribution in [1.29, 1.82) is 0 Å². The van der Waals surface area contributed by atoms with Crippen LogP contribution in [0, 0.1) is 13.8 Å². The van der Waals surface area contributed by atoms with Gasteiger partial charge in [-0.05, 0) is 37.1 Å². The molecular formula is C22H25N2O4+. The fourth-order valence-electron chi connectivity index (χ4n) is 3.34. The first-order chi connectivity index (χ1) is 13.4. The van der Waals surface area contributed by atoms with E-state index < -0.39 is 5.63 Å². The smallest absolute Gasteiger partial charge is 0.336 e. The highest BCUT2D eigenvalue weighted by Gasteiger charge is 2.16. The van der Waals surface area contributed by atoms with E-state index in [0.717, 1.165) is 32.7 Å². The third kappa shape index (κ3) is 4.40. The molecular weight excluding hydrogens is 356 g/mol. The van der Waals surface area contributed by atoms with E-state index in [0.29, 0.717) is 17.9 Å². The maximum absolute atomic E-state index is 12.5. The lowest BCUT2D eigenvalue weighted by Gasteiger charge is -2.16. The number of anilines is 1. The lowest BCUT2D eigenvalue weighted by molar-refractivity contribution is -0.885. The van der Waals surface area contributed by atoms with Crippen LogP contribution in [0.2, 0.25) is 0 Å². The zero-order chi connectivity index (χ0) is 20.3. The van der Waals surface area contributed by atoms with Gasteiger partial charge in [0.2, 0.25) is 0 Å². The van der Waals surface area contributed by atoms with Crippen LogP contribution in [0.4, 0.5) is 5.69 Å². The van der Waals surface area contributed by atoms with Crippen molar-refractivity contribution >= 4 is 22.6 Å². The van der Waals surface area contributed by atoms with Gasteiger partial charge in [0.1, 0.15) is 17.9 Å². The Hall–Kier alpha value is -3.12. The number of methoxy groups -OCH3 is 1. The van der Waals surface area contributed by atoms with Gasteiger partial charge in [0.05, 0.1) is 14.2 Å². The van der Waals surface area contributed by atoms with E-state index in [4.69, 9.17) is 9.15 Å². The van der Waals surface area contributed by atoms with Crippen molar-refractivity contribution in [3.63, 3.8) is 0 Å². The van der Waals surface area contributed by atoms with Crippen LogP contribution in [0.25, 0.3) is 11.0 Å². The number of para-hydroxylation sites is 1. The number of carbonyl (C=O) groups excluding carboxylic acids is 1. The van der Waals surface area contributed by atoms with E-state index in [1.54, 1.807) is 13.2 Å². The van der Waals surface area contributed by atoms with Crippen LogP contribution >= 0.6 is 0 Å². The number of likely N-dealkylation sites (N-methyl/N-ethyl adjacent to an activating group) is 1. The molecule has 0 aliphatic heterocycles. The summed E-state index contributed by atoms with van der Waals surface area (Å²) in [6.07, 6.45) is 0. The maximum Gasteiger partial charge on any atom is 0.336 e. The Bertz CT molecular complexity index is 1050. The first kappa shape index (κ1) is 19.6. The van der Waals surface area contributed by atoms with Crippen molar-refractivity contribution in [2.75, 3.05) is 26.0 Å².